The summed E-state index contributed by atoms with van der Waals surface area (Å²) in [4.78, 5) is 31.8. The molecule has 7 heteroatoms. The second kappa shape index (κ2) is 10.4. The maximum Gasteiger partial charge on any atom is 0.255 e. The Morgan fingerprint density at radius 3 is 2.26 bits per heavy atom. The lowest BCUT2D eigenvalue weighted by Gasteiger charge is -2.34. The molecule has 1 unspecified atom stereocenters. The third-order valence-corrected chi connectivity index (χ3v) is 6.87. The van der Waals surface area contributed by atoms with E-state index in [0.29, 0.717) is 22.8 Å². The van der Waals surface area contributed by atoms with Gasteiger partial charge in [-0.1, -0.05) is 48.7 Å². The fourth-order valence-corrected chi connectivity index (χ4v) is 4.87. The largest absolute Gasteiger partial charge is 0.343 e. The zero-order chi connectivity index (χ0) is 24.1. The Balaban J connectivity index is 1.42. The lowest BCUT2D eigenvalue weighted by Crippen LogP contribution is -2.45. The molecule has 0 spiro atoms. The van der Waals surface area contributed by atoms with Gasteiger partial charge < -0.3 is 16.0 Å². The Kier molecular flexibility index (Phi) is 7.29. The summed E-state index contributed by atoms with van der Waals surface area (Å²) in [7, 11) is 1.81. The van der Waals surface area contributed by atoms with E-state index in [-0.39, 0.29) is 17.9 Å². The number of amides is 2. The lowest BCUT2D eigenvalue weighted by molar-refractivity contribution is -0.136. The van der Waals surface area contributed by atoms with E-state index in [1.165, 1.54) is 0 Å². The highest BCUT2D eigenvalue weighted by atomic mass is 35.5. The average Bonchev–Trinajstić information content (AvgIpc) is 3.35. The maximum absolute atomic E-state index is 13.6. The summed E-state index contributed by atoms with van der Waals surface area (Å²) in [5.41, 5.74) is 9.05. The number of aromatic nitrogens is 1. The van der Waals surface area contributed by atoms with Crippen molar-refractivity contribution in [3.05, 3.63) is 94.8 Å². The van der Waals surface area contributed by atoms with E-state index in [9.17, 15) is 9.59 Å². The first-order valence-corrected chi connectivity index (χ1v) is 11.9. The molecule has 2 amide bonds. The van der Waals surface area contributed by atoms with Gasteiger partial charge in [-0.2, -0.15) is 0 Å². The predicted octanol–water partition coefficient (Wildman–Crippen LogP) is 4.96. The summed E-state index contributed by atoms with van der Waals surface area (Å²) >= 11 is 6.07. The van der Waals surface area contributed by atoms with E-state index in [1.54, 1.807) is 41.6 Å². The molecular formula is C27H29ClN4O2. The minimum absolute atomic E-state index is 0.0936. The number of hydrogen-bond donors (Lipinski definition) is 2. The van der Waals surface area contributed by atoms with Crippen LogP contribution in [0.3, 0.4) is 0 Å². The molecule has 0 aliphatic heterocycles. The van der Waals surface area contributed by atoms with Crippen LogP contribution < -0.4 is 11.1 Å². The van der Waals surface area contributed by atoms with Crippen molar-refractivity contribution < 1.29 is 9.59 Å². The Bertz CT molecular complexity index is 1130. The van der Waals surface area contributed by atoms with Crippen LogP contribution in [0.1, 0.15) is 53.2 Å². The number of benzene rings is 2. The zero-order valence-corrected chi connectivity index (χ0v) is 20.0. The first kappa shape index (κ1) is 23.9. The Labute approximate surface area is 205 Å². The monoisotopic (exact) mass is 476 g/mol. The summed E-state index contributed by atoms with van der Waals surface area (Å²) in [6.07, 6.45) is 6.95. The first-order chi connectivity index (χ1) is 16.4. The fourth-order valence-electron chi connectivity index (χ4n) is 4.74. The number of nitrogens with one attached hydrogen (secondary N) is 1. The molecule has 2 aromatic carbocycles. The van der Waals surface area contributed by atoms with E-state index < -0.39 is 5.41 Å². The lowest BCUT2D eigenvalue weighted by atomic mass is 9.77. The number of carbonyl (C=O) groups excluding carboxylic acids is 2. The predicted molar refractivity (Wildman–Crippen MR) is 135 cm³/mol. The number of nitrogens with zero attached hydrogens (tertiary/aromatic N) is 2. The van der Waals surface area contributed by atoms with Crippen molar-refractivity contribution >= 4 is 29.1 Å². The van der Waals surface area contributed by atoms with Gasteiger partial charge in [-0.05, 0) is 60.4 Å². The number of rotatable bonds is 7. The molecule has 0 saturated heterocycles. The molecule has 4 rings (SSSR count). The molecular weight excluding hydrogens is 448 g/mol. The molecule has 1 heterocycles. The standard InChI is InChI=1S/C27H29ClN4O2/c1-32(26(34)27(14-2-3-15-27)21-8-10-22(28)11-9-21)18-24(29)19-4-6-20(7-5-19)25(33)31-23-12-16-30-17-13-23/h4-13,16-17,24H,2-3,14-15,18,29H2,1H3,(H,30,31,33). The van der Waals surface area contributed by atoms with Gasteiger partial charge in [0.25, 0.3) is 5.91 Å². The van der Waals surface area contributed by atoms with E-state index >= 15 is 0 Å². The van der Waals surface area contributed by atoms with Crippen molar-refractivity contribution in [1.29, 1.82) is 0 Å². The van der Waals surface area contributed by atoms with Crippen LogP contribution in [0, 0.1) is 0 Å². The summed E-state index contributed by atoms with van der Waals surface area (Å²) in [5, 5.41) is 3.50. The molecule has 1 atom stereocenters. The molecule has 1 fully saturated rings. The summed E-state index contributed by atoms with van der Waals surface area (Å²) in [5.74, 6) is -0.110. The van der Waals surface area contributed by atoms with Crippen LogP contribution in [0.5, 0.6) is 0 Å². The van der Waals surface area contributed by atoms with Crippen molar-refractivity contribution in [3.8, 4) is 0 Å². The molecule has 0 bridgehead atoms. The second-order valence-corrected chi connectivity index (χ2v) is 9.34. The van der Waals surface area contributed by atoms with Crippen LogP contribution in [0.25, 0.3) is 0 Å². The molecule has 0 radical (unpaired) electrons. The van der Waals surface area contributed by atoms with Gasteiger partial charge in [0.15, 0.2) is 0 Å². The summed E-state index contributed by atoms with van der Waals surface area (Å²) in [6.45, 7) is 0.386. The molecule has 1 aliphatic carbocycles. The molecule has 1 saturated carbocycles. The molecule has 3 N–H and O–H groups in total. The van der Waals surface area contributed by atoms with Crippen molar-refractivity contribution in [2.24, 2.45) is 5.73 Å². The third kappa shape index (κ3) is 5.13. The number of nitrogens with two attached hydrogens (primary N) is 1. The van der Waals surface area contributed by atoms with Gasteiger partial charge >= 0.3 is 0 Å². The highest BCUT2D eigenvalue weighted by molar-refractivity contribution is 6.30. The van der Waals surface area contributed by atoms with E-state index in [2.05, 4.69) is 10.3 Å². The molecule has 1 aliphatic rings. The number of anilines is 1. The fraction of sp³-hybridized carbons (Fsp3) is 0.296. The van der Waals surface area contributed by atoms with Gasteiger partial charge in [0, 0.05) is 48.3 Å². The van der Waals surface area contributed by atoms with Gasteiger partial charge in [0.05, 0.1) is 5.41 Å². The minimum Gasteiger partial charge on any atom is -0.343 e. The number of carbonyl (C=O) groups is 2. The van der Waals surface area contributed by atoms with Crippen LogP contribution in [0.15, 0.2) is 73.1 Å². The van der Waals surface area contributed by atoms with E-state index in [1.807, 2.05) is 43.4 Å². The van der Waals surface area contributed by atoms with Crippen LogP contribution in [-0.4, -0.2) is 35.3 Å². The number of halogens is 1. The molecule has 1 aromatic heterocycles. The van der Waals surface area contributed by atoms with Gasteiger partial charge in [-0.25, -0.2) is 0 Å². The van der Waals surface area contributed by atoms with Crippen molar-refractivity contribution in [1.82, 2.24) is 9.88 Å². The van der Waals surface area contributed by atoms with Gasteiger partial charge in [-0.15, -0.1) is 0 Å². The quantitative estimate of drug-likeness (QED) is 0.504. The smallest absolute Gasteiger partial charge is 0.255 e. The number of hydrogen-bond acceptors (Lipinski definition) is 4. The summed E-state index contributed by atoms with van der Waals surface area (Å²) in [6, 6.07) is 17.9. The van der Waals surface area contributed by atoms with E-state index in [4.69, 9.17) is 17.3 Å². The second-order valence-electron chi connectivity index (χ2n) is 8.90. The van der Waals surface area contributed by atoms with Crippen molar-refractivity contribution in [3.63, 3.8) is 0 Å². The van der Waals surface area contributed by atoms with Crippen LogP contribution >= 0.6 is 11.6 Å². The van der Waals surface area contributed by atoms with Gasteiger partial charge in [0.1, 0.15) is 0 Å². The Morgan fingerprint density at radius 1 is 1.03 bits per heavy atom. The third-order valence-electron chi connectivity index (χ3n) is 6.62. The van der Waals surface area contributed by atoms with E-state index in [0.717, 1.165) is 36.8 Å². The van der Waals surface area contributed by atoms with Crippen LogP contribution in [0.4, 0.5) is 5.69 Å². The molecule has 3 aromatic rings. The van der Waals surface area contributed by atoms with Gasteiger partial charge in [0.2, 0.25) is 5.91 Å². The highest BCUT2D eigenvalue weighted by Crippen LogP contribution is 2.43. The Hall–Kier alpha value is -3.22. The maximum atomic E-state index is 13.6. The molecule has 34 heavy (non-hydrogen) atoms. The zero-order valence-electron chi connectivity index (χ0n) is 19.2. The first-order valence-electron chi connectivity index (χ1n) is 11.5. The number of pyridine rings is 1. The SMILES string of the molecule is CN(CC(N)c1ccc(C(=O)Nc2ccncc2)cc1)C(=O)C1(c2ccc(Cl)cc2)CCCC1. The van der Waals surface area contributed by atoms with Crippen LogP contribution in [0.2, 0.25) is 5.02 Å². The minimum atomic E-state index is -0.520. The normalized spacial score (nSPS) is 15.5. The highest BCUT2D eigenvalue weighted by Gasteiger charge is 2.44. The molecule has 6 nitrogen and oxygen atoms in total. The Morgan fingerprint density at radius 2 is 1.65 bits per heavy atom. The van der Waals surface area contributed by atoms with Crippen molar-refractivity contribution in [2.75, 3.05) is 18.9 Å². The topological polar surface area (TPSA) is 88.3 Å². The van der Waals surface area contributed by atoms with Gasteiger partial charge in [-0.3, -0.25) is 14.6 Å². The average molecular weight is 477 g/mol. The number of likely N-dealkylation sites (N-methyl/N-ethyl adjacent to an activating group) is 1. The summed E-state index contributed by atoms with van der Waals surface area (Å²) < 4.78 is 0. The van der Waals surface area contributed by atoms with Crippen molar-refractivity contribution in [2.45, 2.75) is 37.1 Å². The molecule has 176 valence electrons. The van der Waals surface area contributed by atoms with Crippen LogP contribution in [-0.2, 0) is 10.2 Å².